The Labute approximate surface area is 97.8 Å². The second kappa shape index (κ2) is 3.39. The van der Waals surface area contributed by atoms with Gasteiger partial charge in [-0.3, -0.25) is 0 Å². The maximum absolute atomic E-state index is 2.45. The van der Waals surface area contributed by atoms with Crippen LogP contribution in [0.2, 0.25) is 0 Å². The summed E-state index contributed by atoms with van der Waals surface area (Å²) in [5.74, 6) is 0. The van der Waals surface area contributed by atoms with Gasteiger partial charge in [0.05, 0.1) is 0 Å². The molecule has 2 aromatic heterocycles. The first-order chi connectivity index (χ1) is 6.41. The Morgan fingerprint density at radius 3 is 2.21 bits per heavy atom. The molecule has 2 heteroatoms. The van der Waals surface area contributed by atoms with Crippen LogP contribution in [0.4, 0.5) is 0 Å². The summed E-state index contributed by atoms with van der Waals surface area (Å²) in [4.78, 5) is 2.45. The molecular weight excluding hydrogens is 302 g/mol. The first-order valence-electron chi connectivity index (χ1n) is 4.89. The van der Waals surface area contributed by atoms with Gasteiger partial charge < -0.3 is 0 Å². The van der Waals surface area contributed by atoms with Gasteiger partial charge in [-0.1, -0.05) is 0 Å². The zero-order chi connectivity index (χ0) is 10.5. The minimum atomic E-state index is 0.380. The Hall–Kier alpha value is 0.259. The van der Waals surface area contributed by atoms with Gasteiger partial charge in [0, 0.05) is 0 Å². The second-order valence-electron chi connectivity index (χ2n) is 4.88. The van der Waals surface area contributed by atoms with Crippen LogP contribution in [0.1, 0.15) is 36.3 Å². The molecule has 0 bridgehead atoms. The van der Waals surface area contributed by atoms with Gasteiger partial charge in [0.1, 0.15) is 0 Å². The molecule has 0 radical (unpaired) electrons. The van der Waals surface area contributed by atoms with Crippen LogP contribution in [0.25, 0.3) is 8.52 Å². The molecule has 0 aliphatic carbocycles. The summed E-state index contributed by atoms with van der Waals surface area (Å²) < 4.78 is 5.14. The van der Waals surface area contributed by atoms with Crippen LogP contribution in [0.3, 0.4) is 0 Å². The summed E-state index contributed by atoms with van der Waals surface area (Å²) in [5, 5.41) is 0. The minimum absolute atomic E-state index is 0.380. The quantitative estimate of drug-likeness (QED) is 0.655. The summed E-state index contributed by atoms with van der Waals surface area (Å²) >= 11 is 1.26. The number of hydrogen-bond acceptors (Lipinski definition) is 0. The van der Waals surface area contributed by atoms with Crippen molar-refractivity contribution in [1.82, 2.24) is 0 Å². The standard InChI is InChI=1S/C12H16Se2/c1-7-6-13-10-8(2)11(12(3,4)5)14-9(7)10/h6H,1-5H3. The maximum atomic E-state index is 2.45. The van der Waals surface area contributed by atoms with E-state index in [1.165, 1.54) is 0 Å². The average Bonchev–Trinajstić information content (AvgIpc) is 2.54. The van der Waals surface area contributed by atoms with Crippen LogP contribution in [0.5, 0.6) is 0 Å². The van der Waals surface area contributed by atoms with Gasteiger partial charge in [-0.15, -0.1) is 0 Å². The Balaban J connectivity index is 2.75. The molecule has 76 valence electrons. The van der Waals surface area contributed by atoms with Gasteiger partial charge in [-0.25, -0.2) is 0 Å². The molecule has 2 aromatic rings. The zero-order valence-electron chi connectivity index (χ0n) is 9.39. The fourth-order valence-electron chi connectivity index (χ4n) is 1.82. The van der Waals surface area contributed by atoms with Gasteiger partial charge in [-0.05, 0) is 0 Å². The van der Waals surface area contributed by atoms with Crippen molar-refractivity contribution >= 4 is 37.5 Å². The average molecular weight is 318 g/mol. The van der Waals surface area contributed by atoms with Crippen molar-refractivity contribution in [1.29, 1.82) is 0 Å². The molecule has 0 aromatic carbocycles. The van der Waals surface area contributed by atoms with Crippen molar-refractivity contribution in [3.63, 3.8) is 0 Å². The number of fused-ring (bicyclic) bond motifs is 1. The molecule has 0 N–H and O–H groups in total. The van der Waals surface area contributed by atoms with Gasteiger partial charge in [-0.2, -0.15) is 0 Å². The predicted molar refractivity (Wildman–Crippen MR) is 66.0 cm³/mol. The van der Waals surface area contributed by atoms with Crippen molar-refractivity contribution in [3.8, 4) is 0 Å². The van der Waals surface area contributed by atoms with Gasteiger partial charge in [0.15, 0.2) is 0 Å². The van der Waals surface area contributed by atoms with Gasteiger partial charge >= 0.3 is 98.1 Å². The van der Waals surface area contributed by atoms with E-state index in [1.54, 1.807) is 24.1 Å². The first kappa shape index (κ1) is 10.8. The monoisotopic (exact) mass is 320 g/mol. The Kier molecular flexibility index (Phi) is 2.60. The van der Waals surface area contributed by atoms with E-state index in [2.05, 4.69) is 39.6 Å². The molecule has 0 aliphatic heterocycles. The molecule has 0 aliphatic rings. The van der Waals surface area contributed by atoms with Crippen LogP contribution in [0, 0.1) is 13.8 Å². The summed E-state index contributed by atoms with van der Waals surface area (Å²) in [6.45, 7) is 11.7. The van der Waals surface area contributed by atoms with E-state index < -0.39 is 0 Å². The third kappa shape index (κ3) is 1.59. The van der Waals surface area contributed by atoms with Crippen molar-refractivity contribution < 1.29 is 0 Å². The van der Waals surface area contributed by atoms with E-state index >= 15 is 0 Å². The molecular formula is C12H16Se2. The number of rotatable bonds is 0. The summed E-state index contributed by atoms with van der Waals surface area (Å²) in [5.41, 5.74) is 3.57. The van der Waals surface area contributed by atoms with Crippen molar-refractivity contribution in [2.24, 2.45) is 0 Å². The van der Waals surface area contributed by atoms with Crippen LogP contribution in [0.15, 0.2) is 4.94 Å². The SMILES string of the molecule is Cc1c[se]c2c(C)c(C(C)(C)C)[se]c12. The molecule has 0 unspecified atom stereocenters. The molecule has 0 nitrogen and oxygen atoms in total. The molecule has 0 saturated heterocycles. The summed E-state index contributed by atoms with van der Waals surface area (Å²) in [6, 6.07) is 0. The van der Waals surface area contributed by atoms with Crippen molar-refractivity contribution in [2.75, 3.05) is 0 Å². The molecule has 0 fully saturated rings. The van der Waals surface area contributed by atoms with E-state index in [0.29, 0.717) is 34.4 Å². The number of aryl methyl sites for hydroxylation is 2. The van der Waals surface area contributed by atoms with Crippen LogP contribution >= 0.6 is 0 Å². The number of hydrogen-bond donors (Lipinski definition) is 0. The molecule has 2 heterocycles. The summed E-state index contributed by atoms with van der Waals surface area (Å²) in [7, 11) is 0. The summed E-state index contributed by atoms with van der Waals surface area (Å²) in [6.07, 6.45) is 0. The third-order valence-corrected chi connectivity index (χ3v) is 9.58. The fraction of sp³-hybridized carbons (Fsp3) is 0.500. The Morgan fingerprint density at radius 2 is 1.71 bits per heavy atom. The zero-order valence-corrected chi connectivity index (χ0v) is 12.8. The molecule has 0 saturated carbocycles. The van der Waals surface area contributed by atoms with E-state index in [0.717, 1.165) is 0 Å². The molecule has 0 spiro atoms. The molecule has 0 atom stereocenters. The van der Waals surface area contributed by atoms with Crippen molar-refractivity contribution in [3.05, 3.63) is 20.5 Å². The molecule has 2 rings (SSSR count). The van der Waals surface area contributed by atoms with E-state index in [9.17, 15) is 0 Å². The van der Waals surface area contributed by atoms with Gasteiger partial charge in [0.2, 0.25) is 0 Å². The van der Waals surface area contributed by atoms with Crippen molar-refractivity contribution in [2.45, 2.75) is 40.0 Å². The van der Waals surface area contributed by atoms with Gasteiger partial charge in [0.25, 0.3) is 0 Å². The predicted octanol–water partition coefficient (Wildman–Crippen LogP) is 2.87. The van der Waals surface area contributed by atoms with E-state index in [-0.39, 0.29) is 0 Å². The van der Waals surface area contributed by atoms with E-state index in [4.69, 9.17) is 0 Å². The Bertz CT molecular complexity index is 466. The topological polar surface area (TPSA) is 0 Å². The molecule has 14 heavy (non-hydrogen) atoms. The van der Waals surface area contributed by atoms with Crippen LogP contribution in [-0.4, -0.2) is 29.0 Å². The first-order valence-corrected chi connectivity index (χ1v) is 8.45. The molecule has 0 amide bonds. The normalized spacial score (nSPS) is 12.6. The fourth-order valence-corrected chi connectivity index (χ4v) is 8.10. The van der Waals surface area contributed by atoms with Crippen LogP contribution < -0.4 is 0 Å². The van der Waals surface area contributed by atoms with E-state index in [1.807, 2.05) is 0 Å². The Morgan fingerprint density at radius 1 is 1.07 bits per heavy atom. The third-order valence-electron chi connectivity index (χ3n) is 2.48. The van der Waals surface area contributed by atoms with Crippen LogP contribution in [-0.2, 0) is 5.41 Å². The second-order valence-corrected chi connectivity index (χ2v) is 8.87.